The van der Waals surface area contributed by atoms with Gasteiger partial charge in [-0.1, -0.05) is 6.07 Å². The van der Waals surface area contributed by atoms with Crippen LogP contribution >= 0.6 is 0 Å². The summed E-state index contributed by atoms with van der Waals surface area (Å²) < 4.78 is 54.7. The minimum Gasteiger partial charge on any atom is -0.308 e. The van der Waals surface area contributed by atoms with Gasteiger partial charge in [-0.15, -0.1) is 0 Å². The SMILES string of the molecule is O=C(Nc1ccc(F)c(F)c1)Nc1cc(F)c(F)c(C(=O)c2cc3cccnc3cn2)c1. The fourth-order valence-corrected chi connectivity index (χ4v) is 2.93. The average molecular weight is 440 g/mol. The van der Waals surface area contributed by atoms with Crippen molar-refractivity contribution in [3.63, 3.8) is 0 Å². The Morgan fingerprint density at radius 1 is 0.781 bits per heavy atom. The molecule has 0 fully saturated rings. The van der Waals surface area contributed by atoms with Crippen LogP contribution in [0, 0.1) is 23.3 Å². The Bertz CT molecular complexity index is 1380. The topological polar surface area (TPSA) is 84.0 Å². The number of urea groups is 1. The summed E-state index contributed by atoms with van der Waals surface area (Å²) in [6.45, 7) is 0. The van der Waals surface area contributed by atoms with Crippen molar-refractivity contribution in [2.75, 3.05) is 10.6 Å². The van der Waals surface area contributed by atoms with Gasteiger partial charge in [0.25, 0.3) is 0 Å². The predicted molar refractivity (Wildman–Crippen MR) is 108 cm³/mol. The van der Waals surface area contributed by atoms with Gasteiger partial charge in [0.05, 0.1) is 17.3 Å². The summed E-state index contributed by atoms with van der Waals surface area (Å²) >= 11 is 0. The van der Waals surface area contributed by atoms with Crippen LogP contribution in [0.4, 0.5) is 33.7 Å². The number of hydrogen-bond donors (Lipinski definition) is 2. The van der Waals surface area contributed by atoms with Crippen LogP contribution in [0.25, 0.3) is 10.9 Å². The van der Waals surface area contributed by atoms with Gasteiger partial charge in [0.2, 0.25) is 5.78 Å². The molecule has 0 unspecified atom stereocenters. The molecule has 0 atom stereocenters. The lowest BCUT2D eigenvalue weighted by Crippen LogP contribution is -2.20. The molecule has 2 N–H and O–H groups in total. The van der Waals surface area contributed by atoms with E-state index in [9.17, 15) is 27.2 Å². The van der Waals surface area contributed by atoms with E-state index in [0.717, 1.165) is 24.3 Å². The Balaban J connectivity index is 1.59. The molecule has 32 heavy (non-hydrogen) atoms. The summed E-state index contributed by atoms with van der Waals surface area (Å²) in [5, 5.41) is 5.01. The Hall–Kier alpha value is -4.34. The van der Waals surface area contributed by atoms with E-state index in [4.69, 9.17) is 0 Å². The second kappa shape index (κ2) is 8.42. The first-order valence-corrected chi connectivity index (χ1v) is 9.09. The lowest BCUT2D eigenvalue weighted by molar-refractivity contribution is 0.102. The number of halogens is 4. The van der Waals surface area contributed by atoms with Crippen LogP contribution in [-0.4, -0.2) is 21.8 Å². The zero-order valence-corrected chi connectivity index (χ0v) is 16.0. The Morgan fingerprint density at radius 3 is 2.31 bits per heavy atom. The molecule has 0 aliphatic carbocycles. The smallest absolute Gasteiger partial charge is 0.308 e. The highest BCUT2D eigenvalue weighted by atomic mass is 19.2. The fourth-order valence-electron chi connectivity index (χ4n) is 2.93. The van der Waals surface area contributed by atoms with E-state index in [0.29, 0.717) is 17.0 Å². The summed E-state index contributed by atoms with van der Waals surface area (Å²) in [6, 6.07) is 8.05. The first-order valence-electron chi connectivity index (χ1n) is 9.09. The molecule has 6 nitrogen and oxygen atoms in total. The highest BCUT2D eigenvalue weighted by Crippen LogP contribution is 2.23. The third kappa shape index (κ3) is 4.24. The number of carbonyl (C=O) groups excluding carboxylic acids is 2. The van der Waals surface area contributed by atoms with Crippen molar-refractivity contribution < 1.29 is 27.2 Å². The Labute approximate surface area is 177 Å². The van der Waals surface area contributed by atoms with Crippen molar-refractivity contribution in [1.29, 1.82) is 0 Å². The molecule has 4 rings (SSSR count). The molecule has 0 aliphatic heterocycles. The maximum Gasteiger partial charge on any atom is 0.323 e. The molecular formula is C22H12F4N4O2. The molecule has 0 saturated heterocycles. The molecule has 0 spiro atoms. The molecule has 4 aromatic rings. The minimum atomic E-state index is -1.41. The van der Waals surface area contributed by atoms with Crippen LogP contribution < -0.4 is 10.6 Å². The molecule has 160 valence electrons. The fraction of sp³-hybridized carbons (Fsp3) is 0. The monoisotopic (exact) mass is 440 g/mol. The lowest BCUT2D eigenvalue weighted by atomic mass is 10.0. The molecule has 0 bridgehead atoms. The van der Waals surface area contributed by atoms with Crippen molar-refractivity contribution in [1.82, 2.24) is 9.97 Å². The molecule has 10 heteroatoms. The highest BCUT2D eigenvalue weighted by molar-refractivity contribution is 6.10. The highest BCUT2D eigenvalue weighted by Gasteiger charge is 2.21. The van der Waals surface area contributed by atoms with E-state index in [1.807, 2.05) is 0 Å². The summed E-state index contributed by atoms with van der Waals surface area (Å²) in [7, 11) is 0. The van der Waals surface area contributed by atoms with Gasteiger partial charge in [-0.2, -0.15) is 0 Å². The number of nitrogens with one attached hydrogen (secondary N) is 2. The van der Waals surface area contributed by atoms with Crippen LogP contribution in [0.15, 0.2) is 60.9 Å². The summed E-state index contributed by atoms with van der Waals surface area (Å²) in [6.07, 6.45) is 2.87. The number of amides is 2. The van der Waals surface area contributed by atoms with Gasteiger partial charge >= 0.3 is 6.03 Å². The zero-order chi connectivity index (χ0) is 22.8. The molecule has 2 amide bonds. The largest absolute Gasteiger partial charge is 0.323 e. The quantitative estimate of drug-likeness (QED) is 0.343. The lowest BCUT2D eigenvalue weighted by Gasteiger charge is -2.11. The molecule has 2 heterocycles. The van der Waals surface area contributed by atoms with Gasteiger partial charge < -0.3 is 10.6 Å². The molecule has 0 aliphatic rings. The molecule has 0 saturated carbocycles. The molecular weight excluding hydrogens is 428 g/mol. The van der Waals surface area contributed by atoms with E-state index < -0.39 is 40.6 Å². The average Bonchev–Trinajstić information content (AvgIpc) is 2.77. The number of pyridine rings is 2. The number of aromatic nitrogens is 2. The number of rotatable bonds is 4. The van der Waals surface area contributed by atoms with Crippen molar-refractivity contribution >= 4 is 34.1 Å². The normalized spacial score (nSPS) is 10.8. The van der Waals surface area contributed by atoms with Gasteiger partial charge in [-0.25, -0.2) is 22.4 Å². The zero-order valence-electron chi connectivity index (χ0n) is 16.0. The van der Waals surface area contributed by atoms with Gasteiger partial charge in [-0.3, -0.25) is 14.8 Å². The summed E-state index contributed by atoms with van der Waals surface area (Å²) in [5.74, 6) is -5.97. The number of nitrogens with zero attached hydrogens (tertiary/aromatic N) is 2. The first kappa shape index (κ1) is 20.9. The van der Waals surface area contributed by atoms with Crippen LogP contribution in [-0.2, 0) is 0 Å². The number of hydrogen-bond acceptors (Lipinski definition) is 4. The maximum atomic E-state index is 14.4. The number of benzene rings is 2. The number of anilines is 2. The number of fused-ring (bicyclic) bond motifs is 1. The summed E-state index contributed by atoms with van der Waals surface area (Å²) in [4.78, 5) is 32.9. The van der Waals surface area contributed by atoms with Gasteiger partial charge in [0.15, 0.2) is 23.3 Å². The van der Waals surface area contributed by atoms with Gasteiger partial charge in [0, 0.05) is 35.1 Å². The number of ketones is 1. The Morgan fingerprint density at radius 2 is 1.53 bits per heavy atom. The summed E-state index contributed by atoms with van der Waals surface area (Å²) in [5.41, 5.74) is -0.597. The Kier molecular flexibility index (Phi) is 5.50. The van der Waals surface area contributed by atoms with Crippen molar-refractivity contribution in [3.05, 3.63) is 95.5 Å². The second-order valence-electron chi connectivity index (χ2n) is 6.62. The third-order valence-corrected chi connectivity index (χ3v) is 4.43. The van der Waals surface area contributed by atoms with Crippen LogP contribution in [0.5, 0.6) is 0 Å². The molecule has 0 radical (unpaired) electrons. The van der Waals surface area contributed by atoms with Crippen molar-refractivity contribution in [2.24, 2.45) is 0 Å². The molecule has 2 aromatic heterocycles. The first-order chi connectivity index (χ1) is 15.3. The molecule has 2 aromatic carbocycles. The van der Waals surface area contributed by atoms with Crippen molar-refractivity contribution in [3.8, 4) is 0 Å². The minimum absolute atomic E-state index is 0.0748. The standard InChI is InChI=1S/C22H12F4N4O2/c23-15-4-3-12(8-16(15)24)29-22(32)30-13-7-14(20(26)17(25)9-13)21(31)18-6-11-2-1-5-27-19(11)10-28-18/h1-10H,(H2,29,30,32). The van der Waals surface area contributed by atoms with E-state index in [1.54, 1.807) is 18.3 Å². The van der Waals surface area contributed by atoms with E-state index >= 15 is 0 Å². The third-order valence-electron chi connectivity index (χ3n) is 4.43. The maximum absolute atomic E-state index is 14.4. The van der Waals surface area contributed by atoms with E-state index in [1.165, 1.54) is 12.3 Å². The number of carbonyl (C=O) groups is 2. The van der Waals surface area contributed by atoms with E-state index in [-0.39, 0.29) is 17.1 Å². The van der Waals surface area contributed by atoms with Crippen molar-refractivity contribution in [2.45, 2.75) is 0 Å². The van der Waals surface area contributed by atoms with Gasteiger partial charge in [-0.05, 0) is 30.3 Å². The van der Waals surface area contributed by atoms with E-state index in [2.05, 4.69) is 20.6 Å². The predicted octanol–water partition coefficient (Wildman–Crippen LogP) is 5.06. The van der Waals surface area contributed by atoms with Gasteiger partial charge in [0.1, 0.15) is 5.69 Å². The second-order valence-corrected chi connectivity index (χ2v) is 6.62. The van der Waals surface area contributed by atoms with Crippen LogP contribution in [0.2, 0.25) is 0 Å². The van der Waals surface area contributed by atoms with Crippen LogP contribution in [0.1, 0.15) is 16.1 Å². The van der Waals surface area contributed by atoms with Crippen LogP contribution in [0.3, 0.4) is 0 Å².